The third-order valence-corrected chi connectivity index (χ3v) is 6.80. The summed E-state index contributed by atoms with van der Waals surface area (Å²) in [7, 11) is 3.03. The highest BCUT2D eigenvalue weighted by molar-refractivity contribution is 5.56. The van der Waals surface area contributed by atoms with Gasteiger partial charge >= 0.3 is 0 Å². The van der Waals surface area contributed by atoms with Gasteiger partial charge in [-0.2, -0.15) is 0 Å². The summed E-state index contributed by atoms with van der Waals surface area (Å²) in [6.07, 6.45) is -4.82. The molecule has 198 valence electrons. The second-order valence-corrected chi connectivity index (χ2v) is 9.13. The molecule has 2 aromatic rings. The summed E-state index contributed by atoms with van der Waals surface area (Å²) in [4.78, 5) is 0. The van der Waals surface area contributed by atoms with Gasteiger partial charge in [0.1, 0.15) is 24.4 Å². The molecule has 2 aromatic carbocycles. The predicted octanol–water partition coefficient (Wildman–Crippen LogP) is 1.40. The number of aliphatic hydroxyl groups excluding tert-OH is 4. The molecule has 4 rings (SSSR count). The molecule has 5 N–H and O–H groups in total. The number of aryl methyl sites for hydroxylation is 1. The zero-order chi connectivity index (χ0) is 26.0. The minimum atomic E-state index is -1.34. The number of phenols is 1. The molecular formula is C26H34O10. The molecular weight excluding hydrogens is 472 g/mol. The molecule has 1 saturated heterocycles. The van der Waals surface area contributed by atoms with E-state index in [4.69, 9.17) is 23.7 Å². The molecule has 2 heterocycles. The number of methoxy groups -OCH3 is 2. The quantitative estimate of drug-likeness (QED) is 0.316. The number of aromatic hydroxyl groups is 1. The number of benzene rings is 2. The van der Waals surface area contributed by atoms with Crippen molar-refractivity contribution in [2.45, 2.75) is 62.5 Å². The van der Waals surface area contributed by atoms with Crippen molar-refractivity contribution in [2.75, 3.05) is 27.4 Å². The molecule has 0 amide bonds. The molecule has 1 fully saturated rings. The maximum atomic E-state index is 10.2. The largest absolute Gasteiger partial charge is 0.504 e. The zero-order valence-electron chi connectivity index (χ0n) is 20.5. The Morgan fingerprint density at radius 3 is 2.39 bits per heavy atom. The molecule has 7 atom stereocenters. The summed E-state index contributed by atoms with van der Waals surface area (Å²) in [5.41, 5.74) is 2.53. The van der Waals surface area contributed by atoms with Gasteiger partial charge in [-0.05, 0) is 49.1 Å². The maximum Gasteiger partial charge on any atom is 0.186 e. The average Bonchev–Trinajstić information content (AvgIpc) is 3.26. The van der Waals surface area contributed by atoms with Gasteiger partial charge in [-0.25, -0.2) is 0 Å². The number of phenolic OH excluding ortho intramolecular Hbond substituents is 1. The van der Waals surface area contributed by atoms with E-state index in [2.05, 4.69) is 0 Å². The lowest BCUT2D eigenvalue weighted by atomic mass is 9.90. The Morgan fingerprint density at radius 1 is 0.944 bits per heavy atom. The van der Waals surface area contributed by atoms with Crippen molar-refractivity contribution < 1.29 is 49.2 Å². The number of ether oxygens (including phenoxy) is 5. The molecule has 0 spiro atoms. The van der Waals surface area contributed by atoms with Gasteiger partial charge in [-0.15, -0.1) is 0 Å². The van der Waals surface area contributed by atoms with Gasteiger partial charge in [0.05, 0.1) is 39.5 Å². The molecule has 0 aromatic heterocycles. The standard InChI is InChI=1S/C26H34O10/c1-13-21(29)22(30)23(31)26(35-13)34-8-4-5-14-9-16-17(12-27)24(36-25(16)20(10-14)33-3)15-6-7-18(28)19(11-15)32-2/h6-7,9-11,13,17,21-24,26-31H,4-5,8,12H2,1-3H3/t13-,17-,21-,22+,23+,24-,26+/m0/s1. The van der Waals surface area contributed by atoms with Crippen LogP contribution in [-0.4, -0.2) is 83.7 Å². The van der Waals surface area contributed by atoms with Gasteiger partial charge in [0.2, 0.25) is 0 Å². The van der Waals surface area contributed by atoms with Gasteiger partial charge in [0.25, 0.3) is 0 Å². The van der Waals surface area contributed by atoms with Gasteiger partial charge in [0.15, 0.2) is 29.3 Å². The van der Waals surface area contributed by atoms with E-state index in [1.54, 1.807) is 26.2 Å². The lowest BCUT2D eigenvalue weighted by Crippen LogP contribution is -2.57. The second kappa shape index (κ2) is 11.2. The van der Waals surface area contributed by atoms with Crippen LogP contribution in [0.25, 0.3) is 0 Å². The second-order valence-electron chi connectivity index (χ2n) is 9.13. The van der Waals surface area contributed by atoms with Crippen molar-refractivity contribution in [2.24, 2.45) is 0 Å². The third-order valence-electron chi connectivity index (χ3n) is 6.80. The summed E-state index contributed by atoms with van der Waals surface area (Å²) in [5.74, 6) is 1.10. The lowest BCUT2D eigenvalue weighted by molar-refractivity contribution is -0.293. The summed E-state index contributed by atoms with van der Waals surface area (Å²) in [5, 5.41) is 50.0. The van der Waals surface area contributed by atoms with E-state index >= 15 is 0 Å². The van der Waals surface area contributed by atoms with Crippen LogP contribution in [0.3, 0.4) is 0 Å². The Labute approximate surface area is 209 Å². The zero-order valence-corrected chi connectivity index (χ0v) is 20.5. The first kappa shape index (κ1) is 26.5. The molecule has 36 heavy (non-hydrogen) atoms. The fourth-order valence-corrected chi connectivity index (χ4v) is 4.75. The number of fused-ring (bicyclic) bond motifs is 1. The molecule has 10 heteroatoms. The number of rotatable bonds is 9. The average molecular weight is 507 g/mol. The van der Waals surface area contributed by atoms with E-state index in [0.29, 0.717) is 30.1 Å². The number of aliphatic hydroxyl groups is 4. The van der Waals surface area contributed by atoms with Crippen LogP contribution in [0.5, 0.6) is 23.0 Å². The Kier molecular flexibility index (Phi) is 8.23. The van der Waals surface area contributed by atoms with E-state index in [0.717, 1.165) is 16.7 Å². The molecule has 0 radical (unpaired) electrons. The monoisotopic (exact) mass is 506 g/mol. The van der Waals surface area contributed by atoms with Crippen LogP contribution in [0.2, 0.25) is 0 Å². The highest BCUT2D eigenvalue weighted by atomic mass is 16.7. The van der Waals surface area contributed by atoms with E-state index in [1.807, 2.05) is 12.1 Å². The molecule has 2 aliphatic heterocycles. The summed E-state index contributed by atoms with van der Waals surface area (Å²) in [6.45, 7) is 1.71. The SMILES string of the molecule is COc1cc([C@@H]2Oc3c(OC)cc(CCCO[C@@H]4O[C@@H](C)[C@H](O)[C@@H](O)[C@H]4O)cc3[C@@H]2CO)ccc1O. The molecule has 10 nitrogen and oxygen atoms in total. The molecule has 0 saturated carbocycles. The molecule has 2 aliphatic rings. The number of hydrogen-bond acceptors (Lipinski definition) is 10. The van der Waals surface area contributed by atoms with E-state index in [9.17, 15) is 25.5 Å². The van der Waals surface area contributed by atoms with Crippen molar-refractivity contribution in [3.8, 4) is 23.0 Å². The Morgan fingerprint density at radius 2 is 1.69 bits per heavy atom. The lowest BCUT2D eigenvalue weighted by Gasteiger charge is -2.38. The van der Waals surface area contributed by atoms with Crippen LogP contribution in [0.1, 0.15) is 42.1 Å². The Balaban J connectivity index is 1.45. The summed E-state index contributed by atoms with van der Waals surface area (Å²) >= 11 is 0. The first-order valence-corrected chi connectivity index (χ1v) is 12.0. The Hall–Kier alpha value is -2.60. The van der Waals surface area contributed by atoms with Crippen LogP contribution in [-0.2, 0) is 15.9 Å². The molecule has 0 unspecified atom stereocenters. The fourth-order valence-electron chi connectivity index (χ4n) is 4.75. The van der Waals surface area contributed by atoms with Crippen LogP contribution in [0.4, 0.5) is 0 Å². The third kappa shape index (κ3) is 5.10. The highest BCUT2D eigenvalue weighted by Crippen LogP contribution is 2.51. The highest BCUT2D eigenvalue weighted by Gasteiger charge is 2.42. The van der Waals surface area contributed by atoms with Crippen LogP contribution >= 0.6 is 0 Å². The van der Waals surface area contributed by atoms with Crippen LogP contribution in [0.15, 0.2) is 30.3 Å². The van der Waals surface area contributed by atoms with Crippen LogP contribution in [0, 0.1) is 0 Å². The fraction of sp³-hybridized carbons (Fsp3) is 0.538. The predicted molar refractivity (Wildman–Crippen MR) is 127 cm³/mol. The minimum absolute atomic E-state index is 0.0192. The normalized spacial score (nSPS) is 29.5. The maximum absolute atomic E-state index is 10.2. The van der Waals surface area contributed by atoms with Crippen molar-refractivity contribution in [3.63, 3.8) is 0 Å². The van der Waals surface area contributed by atoms with Gasteiger partial charge in [-0.1, -0.05) is 12.1 Å². The van der Waals surface area contributed by atoms with Crippen LogP contribution < -0.4 is 14.2 Å². The van der Waals surface area contributed by atoms with Crippen molar-refractivity contribution >= 4 is 0 Å². The van der Waals surface area contributed by atoms with Crippen molar-refractivity contribution in [1.82, 2.24) is 0 Å². The molecule has 0 aliphatic carbocycles. The number of hydrogen-bond donors (Lipinski definition) is 5. The minimum Gasteiger partial charge on any atom is -0.504 e. The summed E-state index contributed by atoms with van der Waals surface area (Å²) in [6, 6.07) is 8.81. The van der Waals surface area contributed by atoms with E-state index in [-0.39, 0.29) is 24.9 Å². The van der Waals surface area contributed by atoms with E-state index < -0.39 is 36.8 Å². The topological polar surface area (TPSA) is 147 Å². The van der Waals surface area contributed by atoms with Gasteiger partial charge in [0, 0.05) is 5.56 Å². The molecule has 0 bridgehead atoms. The smallest absolute Gasteiger partial charge is 0.186 e. The summed E-state index contributed by atoms with van der Waals surface area (Å²) < 4.78 is 28.1. The van der Waals surface area contributed by atoms with Crippen molar-refractivity contribution in [1.29, 1.82) is 0 Å². The first-order chi connectivity index (χ1) is 17.3. The van der Waals surface area contributed by atoms with E-state index in [1.165, 1.54) is 13.2 Å². The Bertz CT molecular complexity index is 1040. The van der Waals surface area contributed by atoms with Crippen molar-refractivity contribution in [3.05, 3.63) is 47.0 Å². The van der Waals surface area contributed by atoms with Gasteiger partial charge < -0.3 is 49.2 Å². The van der Waals surface area contributed by atoms with Gasteiger partial charge in [-0.3, -0.25) is 0 Å². The first-order valence-electron chi connectivity index (χ1n) is 12.0.